The summed E-state index contributed by atoms with van der Waals surface area (Å²) in [5.74, 6) is 1.23. The van der Waals surface area contributed by atoms with Crippen molar-refractivity contribution >= 4 is 10.9 Å². The van der Waals surface area contributed by atoms with Crippen LogP contribution in [0.1, 0.15) is 30.0 Å². The highest BCUT2D eigenvalue weighted by molar-refractivity contribution is 5.82. The summed E-state index contributed by atoms with van der Waals surface area (Å²) in [5.41, 5.74) is 4.54. The van der Waals surface area contributed by atoms with Crippen LogP contribution in [0.5, 0.6) is 0 Å². The maximum absolute atomic E-state index is 4.65. The molecule has 4 aromatic rings. The van der Waals surface area contributed by atoms with Gasteiger partial charge in [0.05, 0.1) is 5.69 Å². The lowest BCUT2D eigenvalue weighted by Gasteiger charge is -2.31. The topological polar surface area (TPSA) is 73.5 Å². The number of piperidine rings is 1. The minimum atomic E-state index is 0.429. The minimum absolute atomic E-state index is 0.429. The molecule has 0 aliphatic carbocycles. The van der Waals surface area contributed by atoms with E-state index in [0.29, 0.717) is 5.92 Å². The molecule has 0 spiro atoms. The highest BCUT2D eigenvalue weighted by Crippen LogP contribution is 2.32. The number of aromatic amines is 2. The zero-order valence-corrected chi connectivity index (χ0v) is 15.1. The highest BCUT2D eigenvalue weighted by atomic mass is 15.1. The first-order valence-corrected chi connectivity index (χ1v) is 9.46. The zero-order chi connectivity index (χ0) is 18.1. The van der Waals surface area contributed by atoms with E-state index in [4.69, 9.17) is 0 Å². The van der Waals surface area contributed by atoms with Gasteiger partial charge >= 0.3 is 0 Å². The van der Waals surface area contributed by atoms with Gasteiger partial charge in [0.25, 0.3) is 0 Å². The van der Waals surface area contributed by atoms with Crippen molar-refractivity contribution in [2.75, 3.05) is 13.1 Å². The number of fused-ring (bicyclic) bond motifs is 1. The lowest BCUT2D eigenvalue weighted by molar-refractivity contribution is 0.204. The van der Waals surface area contributed by atoms with E-state index in [1.165, 1.54) is 16.5 Å². The van der Waals surface area contributed by atoms with E-state index in [9.17, 15) is 0 Å². The quantitative estimate of drug-likeness (QED) is 0.583. The second-order valence-electron chi connectivity index (χ2n) is 7.14. The maximum Gasteiger partial charge on any atom is 0.157 e. The van der Waals surface area contributed by atoms with Gasteiger partial charge in [0.1, 0.15) is 5.69 Å². The summed E-state index contributed by atoms with van der Waals surface area (Å²) in [5, 5.41) is 1.33. The number of nitrogens with zero attached hydrogens (tertiary/aromatic N) is 4. The van der Waals surface area contributed by atoms with Crippen LogP contribution in [0.3, 0.4) is 0 Å². The monoisotopic (exact) mass is 358 g/mol. The third-order valence-corrected chi connectivity index (χ3v) is 5.49. The predicted octanol–water partition coefficient (Wildman–Crippen LogP) is 3.73. The molecule has 1 fully saturated rings. The first kappa shape index (κ1) is 16.2. The van der Waals surface area contributed by atoms with Gasteiger partial charge in [-0.1, -0.05) is 18.2 Å². The molecule has 6 heteroatoms. The molecule has 1 saturated heterocycles. The molecule has 136 valence electrons. The SMILES string of the molecule is c1ccc2c(CN3CCC(c4nccnc4-c4ncc[nH]4)CC3)c[nH]c2c1. The third kappa shape index (κ3) is 3.13. The lowest BCUT2D eigenvalue weighted by atomic mass is 9.91. The van der Waals surface area contributed by atoms with Crippen molar-refractivity contribution in [1.82, 2.24) is 29.8 Å². The number of para-hydroxylation sites is 1. The summed E-state index contributed by atoms with van der Waals surface area (Å²) < 4.78 is 0. The summed E-state index contributed by atoms with van der Waals surface area (Å²) in [6.45, 7) is 3.12. The van der Waals surface area contributed by atoms with Crippen LogP contribution in [-0.2, 0) is 6.54 Å². The molecule has 27 heavy (non-hydrogen) atoms. The Hall–Kier alpha value is -2.99. The standard InChI is InChI=1S/C21H22N6/c1-2-4-18-17(3-1)16(13-26-18)14-27-11-5-15(6-12-27)19-20(23-8-7-22-19)21-24-9-10-25-21/h1-4,7-10,13,15,26H,5-6,11-12,14H2,(H,24,25). The molecule has 1 aromatic carbocycles. The van der Waals surface area contributed by atoms with E-state index in [-0.39, 0.29) is 0 Å². The third-order valence-electron chi connectivity index (χ3n) is 5.49. The van der Waals surface area contributed by atoms with Crippen molar-refractivity contribution in [2.24, 2.45) is 0 Å². The number of imidazole rings is 1. The molecular weight excluding hydrogens is 336 g/mol. The number of likely N-dealkylation sites (tertiary alicyclic amines) is 1. The normalized spacial score (nSPS) is 16.1. The van der Waals surface area contributed by atoms with Crippen LogP contribution < -0.4 is 0 Å². The molecule has 0 unspecified atom stereocenters. The van der Waals surface area contributed by atoms with E-state index < -0.39 is 0 Å². The second kappa shape index (κ2) is 6.96. The Morgan fingerprint density at radius 2 is 1.81 bits per heavy atom. The van der Waals surface area contributed by atoms with Crippen molar-refractivity contribution in [3.8, 4) is 11.5 Å². The number of H-pyrrole nitrogens is 2. The molecule has 1 aliphatic heterocycles. The Bertz CT molecular complexity index is 1030. The fraction of sp³-hybridized carbons (Fsp3) is 0.286. The summed E-state index contributed by atoms with van der Waals surface area (Å²) >= 11 is 0. The van der Waals surface area contributed by atoms with Gasteiger partial charge in [0.15, 0.2) is 5.82 Å². The maximum atomic E-state index is 4.65. The molecule has 1 aliphatic rings. The Morgan fingerprint density at radius 1 is 0.963 bits per heavy atom. The molecule has 0 radical (unpaired) electrons. The van der Waals surface area contributed by atoms with Gasteiger partial charge in [-0.15, -0.1) is 0 Å². The average Bonchev–Trinajstić information content (AvgIpc) is 3.39. The molecule has 5 rings (SSSR count). The summed E-state index contributed by atoms with van der Waals surface area (Å²) in [6, 6.07) is 8.51. The first-order valence-electron chi connectivity index (χ1n) is 9.46. The first-order chi connectivity index (χ1) is 13.4. The van der Waals surface area contributed by atoms with Crippen LogP contribution in [0.4, 0.5) is 0 Å². The van der Waals surface area contributed by atoms with Crippen LogP contribution in [0.25, 0.3) is 22.4 Å². The largest absolute Gasteiger partial charge is 0.361 e. The summed E-state index contributed by atoms with van der Waals surface area (Å²) in [7, 11) is 0. The van der Waals surface area contributed by atoms with E-state index in [1.54, 1.807) is 18.6 Å². The molecule has 0 amide bonds. The van der Waals surface area contributed by atoms with Crippen LogP contribution in [-0.4, -0.2) is 42.9 Å². The fourth-order valence-corrected chi connectivity index (χ4v) is 4.09. The van der Waals surface area contributed by atoms with E-state index >= 15 is 0 Å². The van der Waals surface area contributed by atoms with E-state index in [0.717, 1.165) is 49.7 Å². The molecule has 0 saturated carbocycles. The van der Waals surface area contributed by atoms with Crippen molar-refractivity contribution < 1.29 is 0 Å². The number of hydrogen-bond acceptors (Lipinski definition) is 4. The van der Waals surface area contributed by atoms with Crippen LogP contribution in [0.15, 0.2) is 55.2 Å². The number of rotatable bonds is 4. The molecule has 0 atom stereocenters. The van der Waals surface area contributed by atoms with Crippen molar-refractivity contribution in [1.29, 1.82) is 0 Å². The Balaban J connectivity index is 1.30. The highest BCUT2D eigenvalue weighted by Gasteiger charge is 2.25. The van der Waals surface area contributed by atoms with Gasteiger partial charge in [-0.25, -0.2) is 9.97 Å². The second-order valence-corrected chi connectivity index (χ2v) is 7.14. The van der Waals surface area contributed by atoms with Gasteiger partial charge in [-0.2, -0.15) is 0 Å². The molecule has 4 heterocycles. The van der Waals surface area contributed by atoms with E-state index in [2.05, 4.69) is 60.3 Å². The average molecular weight is 358 g/mol. The van der Waals surface area contributed by atoms with Crippen molar-refractivity contribution in [3.05, 3.63) is 66.5 Å². The Labute approximate surface area is 157 Å². The van der Waals surface area contributed by atoms with Crippen molar-refractivity contribution in [3.63, 3.8) is 0 Å². The molecule has 3 aromatic heterocycles. The van der Waals surface area contributed by atoms with Gasteiger partial charge in [0, 0.05) is 54.3 Å². The van der Waals surface area contributed by atoms with Crippen LogP contribution in [0, 0.1) is 0 Å². The summed E-state index contributed by atoms with van der Waals surface area (Å²) in [4.78, 5) is 22.6. The van der Waals surface area contributed by atoms with Crippen LogP contribution >= 0.6 is 0 Å². The van der Waals surface area contributed by atoms with Gasteiger partial charge in [0.2, 0.25) is 0 Å². The molecule has 0 bridgehead atoms. The number of benzene rings is 1. The molecule has 6 nitrogen and oxygen atoms in total. The van der Waals surface area contributed by atoms with Gasteiger partial charge < -0.3 is 9.97 Å². The smallest absolute Gasteiger partial charge is 0.157 e. The van der Waals surface area contributed by atoms with Gasteiger partial charge in [-0.3, -0.25) is 9.88 Å². The zero-order valence-electron chi connectivity index (χ0n) is 15.1. The lowest BCUT2D eigenvalue weighted by Crippen LogP contribution is -2.32. The summed E-state index contributed by atoms with van der Waals surface area (Å²) in [6.07, 6.45) is 11.5. The number of hydrogen-bond donors (Lipinski definition) is 2. The Morgan fingerprint density at radius 3 is 2.67 bits per heavy atom. The predicted molar refractivity (Wildman–Crippen MR) is 105 cm³/mol. The Kier molecular flexibility index (Phi) is 4.18. The molecule has 2 N–H and O–H groups in total. The van der Waals surface area contributed by atoms with Gasteiger partial charge in [-0.05, 0) is 37.6 Å². The van der Waals surface area contributed by atoms with Crippen molar-refractivity contribution in [2.45, 2.75) is 25.3 Å². The molecular formula is C21H22N6. The number of nitrogens with one attached hydrogen (secondary N) is 2. The van der Waals surface area contributed by atoms with E-state index in [1.807, 2.05) is 6.20 Å². The minimum Gasteiger partial charge on any atom is -0.361 e. The van der Waals surface area contributed by atoms with Crippen LogP contribution in [0.2, 0.25) is 0 Å². The number of aromatic nitrogens is 5. The fourth-order valence-electron chi connectivity index (χ4n) is 4.09.